The highest BCUT2D eigenvalue weighted by molar-refractivity contribution is 7.07. The number of nitrogens with zero attached hydrogens (tertiary/aromatic N) is 2. The van der Waals surface area contributed by atoms with Crippen LogP contribution < -0.4 is 14.9 Å². The van der Waals surface area contributed by atoms with Crippen LogP contribution in [0.1, 0.15) is 29.7 Å². The van der Waals surface area contributed by atoms with Crippen molar-refractivity contribution in [3.8, 4) is 0 Å². The van der Waals surface area contributed by atoms with Crippen LogP contribution in [0.5, 0.6) is 0 Å². The summed E-state index contributed by atoms with van der Waals surface area (Å²) in [6, 6.07) is 16.9. The van der Waals surface area contributed by atoms with Crippen LogP contribution in [-0.2, 0) is 9.53 Å². The zero-order valence-electron chi connectivity index (χ0n) is 17.4. The van der Waals surface area contributed by atoms with Crippen molar-refractivity contribution in [3.63, 3.8) is 0 Å². The lowest BCUT2D eigenvalue weighted by Crippen LogP contribution is -2.39. The van der Waals surface area contributed by atoms with Crippen LogP contribution in [0.2, 0.25) is 0 Å². The molecule has 31 heavy (non-hydrogen) atoms. The Kier molecular flexibility index (Phi) is 5.82. The fourth-order valence-corrected chi connectivity index (χ4v) is 4.61. The molecule has 5 nitrogen and oxygen atoms in total. The van der Waals surface area contributed by atoms with Gasteiger partial charge in [-0.15, -0.1) is 0 Å². The molecule has 6 heteroatoms. The number of esters is 1. The number of rotatable bonds is 5. The number of carbonyl (C=O) groups is 1. The summed E-state index contributed by atoms with van der Waals surface area (Å²) < 4.78 is 7.49. The minimum atomic E-state index is -0.602. The van der Waals surface area contributed by atoms with E-state index in [1.165, 1.54) is 17.4 Å². The number of carbonyl (C=O) groups excluding carboxylic acids is 1. The van der Waals surface area contributed by atoms with Gasteiger partial charge in [0.25, 0.3) is 5.56 Å². The minimum Gasteiger partial charge on any atom is -0.458 e. The van der Waals surface area contributed by atoms with Gasteiger partial charge < -0.3 is 4.74 Å². The molecule has 0 amide bonds. The number of hydrogen-bond donors (Lipinski definition) is 0. The Balaban J connectivity index is 1.92. The van der Waals surface area contributed by atoms with Gasteiger partial charge in [-0.3, -0.25) is 9.36 Å². The Labute approximate surface area is 184 Å². The van der Waals surface area contributed by atoms with E-state index in [1.807, 2.05) is 67.6 Å². The molecule has 0 spiro atoms. The highest BCUT2D eigenvalue weighted by Crippen LogP contribution is 2.30. The monoisotopic (exact) mass is 430 g/mol. The second kappa shape index (κ2) is 8.70. The molecule has 0 bridgehead atoms. The summed E-state index contributed by atoms with van der Waals surface area (Å²) >= 11 is 1.32. The van der Waals surface area contributed by atoms with Gasteiger partial charge in [0.2, 0.25) is 0 Å². The van der Waals surface area contributed by atoms with E-state index in [4.69, 9.17) is 4.74 Å². The van der Waals surface area contributed by atoms with Gasteiger partial charge in [0.15, 0.2) is 4.80 Å². The summed E-state index contributed by atoms with van der Waals surface area (Å²) in [6.07, 6.45) is 3.38. The van der Waals surface area contributed by atoms with Crippen molar-refractivity contribution in [1.82, 2.24) is 4.57 Å². The maximum atomic E-state index is 13.4. The second-order valence-electron chi connectivity index (χ2n) is 7.29. The summed E-state index contributed by atoms with van der Waals surface area (Å²) in [5, 5.41) is 0. The molecule has 2 heterocycles. The number of benzene rings is 2. The summed E-state index contributed by atoms with van der Waals surface area (Å²) in [7, 11) is 0. The van der Waals surface area contributed by atoms with Gasteiger partial charge in [-0.05, 0) is 31.1 Å². The molecule has 3 aromatic rings. The number of ether oxygens (including phenoxy) is 1. The van der Waals surface area contributed by atoms with Crippen LogP contribution in [0.3, 0.4) is 0 Å². The molecule has 1 aliphatic heterocycles. The quantitative estimate of drug-likeness (QED) is 0.461. The average molecular weight is 431 g/mol. The number of thiazole rings is 1. The second-order valence-corrected chi connectivity index (χ2v) is 8.30. The van der Waals surface area contributed by atoms with Crippen molar-refractivity contribution in [2.75, 3.05) is 6.61 Å². The molecule has 1 aliphatic rings. The topological polar surface area (TPSA) is 60.7 Å². The molecule has 4 rings (SSSR count). The average Bonchev–Trinajstić information content (AvgIpc) is 3.07. The summed E-state index contributed by atoms with van der Waals surface area (Å²) in [5.74, 6) is -0.497. The van der Waals surface area contributed by atoms with E-state index in [-0.39, 0.29) is 12.2 Å². The van der Waals surface area contributed by atoms with Crippen molar-refractivity contribution in [2.45, 2.75) is 19.9 Å². The molecule has 1 atom stereocenters. The first-order valence-corrected chi connectivity index (χ1v) is 10.7. The minimum absolute atomic E-state index is 0.0922. The molecule has 0 N–H and O–H groups in total. The maximum absolute atomic E-state index is 13.4. The third-order valence-electron chi connectivity index (χ3n) is 5.06. The van der Waals surface area contributed by atoms with E-state index < -0.39 is 12.0 Å². The van der Waals surface area contributed by atoms with E-state index in [0.29, 0.717) is 20.6 Å². The molecule has 2 aromatic carbocycles. The molecule has 0 radical (unpaired) electrons. The molecule has 0 aliphatic carbocycles. The summed E-state index contributed by atoms with van der Waals surface area (Å²) in [4.78, 5) is 31.5. The highest BCUT2D eigenvalue weighted by atomic mass is 32.1. The first-order chi connectivity index (χ1) is 15.0. The largest absolute Gasteiger partial charge is 0.458 e. The molecular formula is C25H22N2O3S. The van der Waals surface area contributed by atoms with Crippen molar-refractivity contribution >= 4 is 23.4 Å². The Morgan fingerprint density at radius 2 is 1.87 bits per heavy atom. The van der Waals surface area contributed by atoms with E-state index in [1.54, 1.807) is 11.5 Å². The Hall–Kier alpha value is -3.51. The van der Waals surface area contributed by atoms with Gasteiger partial charge in [-0.1, -0.05) is 84.2 Å². The van der Waals surface area contributed by atoms with E-state index >= 15 is 0 Å². The maximum Gasteiger partial charge on any atom is 0.338 e. The van der Waals surface area contributed by atoms with Crippen molar-refractivity contribution in [2.24, 2.45) is 4.99 Å². The van der Waals surface area contributed by atoms with Gasteiger partial charge >= 0.3 is 5.97 Å². The number of fused-ring (bicyclic) bond motifs is 1. The van der Waals surface area contributed by atoms with Crippen LogP contribution in [0.25, 0.3) is 6.08 Å². The summed E-state index contributed by atoms with van der Waals surface area (Å²) in [5.41, 5.74) is 3.65. The fourth-order valence-electron chi connectivity index (χ4n) is 3.56. The van der Waals surface area contributed by atoms with Crippen LogP contribution in [-0.4, -0.2) is 17.1 Å². The van der Waals surface area contributed by atoms with Gasteiger partial charge in [-0.2, -0.15) is 0 Å². The van der Waals surface area contributed by atoms with Crippen LogP contribution in [0.15, 0.2) is 88.3 Å². The van der Waals surface area contributed by atoms with E-state index in [0.717, 1.165) is 16.7 Å². The van der Waals surface area contributed by atoms with Crippen molar-refractivity contribution in [3.05, 3.63) is 115 Å². The lowest BCUT2D eigenvalue weighted by atomic mass is 9.96. The lowest BCUT2D eigenvalue weighted by Gasteiger charge is -2.24. The first kappa shape index (κ1) is 20.8. The van der Waals surface area contributed by atoms with Crippen molar-refractivity contribution < 1.29 is 9.53 Å². The molecular weight excluding hydrogens is 408 g/mol. The Bertz CT molecular complexity index is 1350. The smallest absolute Gasteiger partial charge is 0.338 e. The molecule has 0 saturated carbocycles. The normalized spacial score (nSPS) is 15.9. The molecule has 0 saturated heterocycles. The van der Waals surface area contributed by atoms with E-state index in [9.17, 15) is 9.59 Å². The zero-order valence-corrected chi connectivity index (χ0v) is 18.2. The third-order valence-corrected chi connectivity index (χ3v) is 6.05. The lowest BCUT2D eigenvalue weighted by molar-refractivity contribution is -0.138. The SMILES string of the molecule is C=CCOC(=O)C1=C(C)N=c2s/c(=C\c3ccc(C)cc3)c(=O)n2[C@H]1c1ccccc1. The predicted octanol–water partition coefficient (Wildman–Crippen LogP) is 3.27. The number of aryl methyl sites for hydroxylation is 1. The van der Waals surface area contributed by atoms with E-state index in [2.05, 4.69) is 11.6 Å². The molecule has 156 valence electrons. The summed E-state index contributed by atoms with van der Waals surface area (Å²) in [6.45, 7) is 7.49. The number of allylic oxidation sites excluding steroid dienone is 1. The highest BCUT2D eigenvalue weighted by Gasteiger charge is 2.33. The van der Waals surface area contributed by atoms with Gasteiger partial charge in [0.1, 0.15) is 6.61 Å². The Morgan fingerprint density at radius 3 is 2.55 bits per heavy atom. The van der Waals surface area contributed by atoms with Gasteiger partial charge in [-0.25, -0.2) is 9.79 Å². The molecule has 0 unspecified atom stereocenters. The predicted molar refractivity (Wildman–Crippen MR) is 123 cm³/mol. The standard InChI is InChI=1S/C25H22N2O3S/c1-4-14-30-24(29)21-17(3)26-25-27(22(21)19-8-6-5-7-9-19)23(28)20(31-25)15-18-12-10-16(2)11-13-18/h4-13,15,22H,1,14H2,2-3H3/b20-15-/t22-/m0/s1. The molecule has 1 aromatic heterocycles. The number of aromatic nitrogens is 1. The third kappa shape index (κ3) is 4.07. The molecule has 0 fully saturated rings. The number of hydrogen-bond acceptors (Lipinski definition) is 5. The van der Waals surface area contributed by atoms with Crippen LogP contribution in [0.4, 0.5) is 0 Å². The zero-order chi connectivity index (χ0) is 22.0. The van der Waals surface area contributed by atoms with Gasteiger partial charge in [0, 0.05) is 0 Å². The fraction of sp³-hybridized carbons (Fsp3) is 0.160. The first-order valence-electron chi connectivity index (χ1n) is 9.92. The van der Waals surface area contributed by atoms with Gasteiger partial charge in [0.05, 0.1) is 21.8 Å². The van der Waals surface area contributed by atoms with Crippen molar-refractivity contribution in [1.29, 1.82) is 0 Å². The van der Waals surface area contributed by atoms with Crippen LogP contribution in [0, 0.1) is 6.92 Å². The Morgan fingerprint density at radius 1 is 1.16 bits per heavy atom. The van der Waals surface area contributed by atoms with Crippen LogP contribution >= 0.6 is 11.3 Å².